The Balaban J connectivity index is 2.74. The van der Waals surface area contributed by atoms with Gasteiger partial charge in [0.15, 0.2) is 0 Å². The van der Waals surface area contributed by atoms with Crippen LogP contribution in [0.25, 0.3) is 0 Å². The third-order valence-corrected chi connectivity index (χ3v) is 2.18. The maximum Gasteiger partial charge on any atom is 0.214 e. The normalized spacial score (nSPS) is 10.8. The van der Waals surface area contributed by atoms with Gasteiger partial charge in [-0.1, -0.05) is 19.9 Å². The molecule has 1 rings (SSSR count). The molecule has 0 saturated carbocycles. The van der Waals surface area contributed by atoms with Gasteiger partial charge in [-0.25, -0.2) is 4.98 Å². The van der Waals surface area contributed by atoms with Gasteiger partial charge in [0.2, 0.25) is 5.95 Å². The Kier molecular flexibility index (Phi) is 5.19. The molecule has 0 N–H and O–H groups in total. The zero-order valence-electron chi connectivity index (χ0n) is 10.1. The summed E-state index contributed by atoms with van der Waals surface area (Å²) in [7, 11) is 1.66. The highest BCUT2D eigenvalue weighted by molar-refractivity contribution is 5.37. The fourth-order valence-corrected chi connectivity index (χ4v) is 1.52. The number of anilines is 1. The van der Waals surface area contributed by atoms with Crippen molar-refractivity contribution in [3.8, 4) is 0 Å². The van der Waals surface area contributed by atoms with Crippen LogP contribution in [-0.4, -0.2) is 31.8 Å². The molecule has 0 aliphatic heterocycles. The van der Waals surface area contributed by atoms with Crippen molar-refractivity contribution in [1.82, 2.24) is 4.98 Å². The largest absolute Gasteiger partial charge is 0.383 e. The van der Waals surface area contributed by atoms with Crippen molar-refractivity contribution in [1.29, 1.82) is 0 Å². The first-order valence-corrected chi connectivity index (χ1v) is 5.50. The highest BCUT2D eigenvalue weighted by Gasteiger charge is 2.10. The molecule has 0 radical (unpaired) electrons. The van der Waals surface area contributed by atoms with Gasteiger partial charge in [-0.3, -0.25) is 0 Å². The van der Waals surface area contributed by atoms with Crippen LogP contribution in [0.4, 0.5) is 10.2 Å². The van der Waals surface area contributed by atoms with Crippen LogP contribution in [0.1, 0.15) is 13.8 Å². The number of methoxy groups -OCH3 is 1. The van der Waals surface area contributed by atoms with E-state index < -0.39 is 5.95 Å². The summed E-state index contributed by atoms with van der Waals surface area (Å²) < 4.78 is 18.1. The number of hydrogen-bond donors (Lipinski definition) is 0. The number of ether oxygens (including phenoxy) is 1. The van der Waals surface area contributed by atoms with E-state index in [0.717, 1.165) is 13.1 Å². The first kappa shape index (κ1) is 12.9. The number of pyridine rings is 1. The molecule has 0 spiro atoms. The summed E-state index contributed by atoms with van der Waals surface area (Å²) in [5.74, 6) is 0.733. The van der Waals surface area contributed by atoms with E-state index in [9.17, 15) is 4.39 Å². The monoisotopic (exact) mass is 226 g/mol. The average Bonchev–Trinajstić information content (AvgIpc) is 2.23. The Morgan fingerprint density at radius 3 is 2.75 bits per heavy atom. The number of nitrogens with zero attached hydrogens (tertiary/aromatic N) is 2. The molecule has 0 fully saturated rings. The lowest BCUT2D eigenvalue weighted by molar-refractivity contribution is 0.204. The summed E-state index contributed by atoms with van der Waals surface area (Å²) in [6, 6.07) is 4.85. The SMILES string of the molecule is COCCN(CC(C)C)c1cccc(F)n1. The molecule has 90 valence electrons. The van der Waals surface area contributed by atoms with E-state index in [0.29, 0.717) is 18.3 Å². The third kappa shape index (κ3) is 4.14. The van der Waals surface area contributed by atoms with Gasteiger partial charge in [0, 0.05) is 20.2 Å². The number of rotatable bonds is 6. The van der Waals surface area contributed by atoms with E-state index in [2.05, 4.69) is 18.8 Å². The van der Waals surface area contributed by atoms with Crippen LogP contribution < -0.4 is 4.90 Å². The van der Waals surface area contributed by atoms with E-state index in [1.165, 1.54) is 6.07 Å². The fraction of sp³-hybridized carbons (Fsp3) is 0.583. The minimum Gasteiger partial charge on any atom is -0.383 e. The Labute approximate surface area is 96.2 Å². The van der Waals surface area contributed by atoms with Crippen molar-refractivity contribution in [3.63, 3.8) is 0 Å². The van der Waals surface area contributed by atoms with Gasteiger partial charge >= 0.3 is 0 Å². The molecule has 3 nitrogen and oxygen atoms in total. The first-order valence-electron chi connectivity index (χ1n) is 5.50. The molecule has 0 aliphatic rings. The van der Waals surface area contributed by atoms with Gasteiger partial charge in [-0.15, -0.1) is 0 Å². The Morgan fingerprint density at radius 1 is 1.44 bits per heavy atom. The van der Waals surface area contributed by atoms with Crippen LogP contribution >= 0.6 is 0 Å². The molecule has 0 bridgehead atoms. The number of halogens is 1. The van der Waals surface area contributed by atoms with E-state index in [4.69, 9.17) is 4.74 Å². The average molecular weight is 226 g/mol. The zero-order valence-corrected chi connectivity index (χ0v) is 10.1. The summed E-state index contributed by atoms with van der Waals surface area (Å²) in [6.45, 7) is 6.44. The molecule has 4 heteroatoms. The van der Waals surface area contributed by atoms with Crippen molar-refractivity contribution in [2.24, 2.45) is 5.92 Å². The summed E-state index contributed by atoms with van der Waals surface area (Å²) >= 11 is 0. The minimum absolute atomic E-state index is 0.441. The molecular formula is C12H19FN2O. The van der Waals surface area contributed by atoms with Crippen molar-refractivity contribution in [2.45, 2.75) is 13.8 Å². The summed E-state index contributed by atoms with van der Waals surface area (Å²) in [4.78, 5) is 5.92. The smallest absolute Gasteiger partial charge is 0.214 e. The molecule has 0 atom stereocenters. The second-order valence-electron chi connectivity index (χ2n) is 4.15. The quantitative estimate of drug-likeness (QED) is 0.696. The van der Waals surface area contributed by atoms with Crippen LogP contribution in [-0.2, 0) is 4.74 Å². The minimum atomic E-state index is -0.441. The molecular weight excluding hydrogens is 207 g/mol. The maximum atomic E-state index is 13.0. The van der Waals surface area contributed by atoms with Crippen LogP contribution in [0.15, 0.2) is 18.2 Å². The molecule has 16 heavy (non-hydrogen) atoms. The number of hydrogen-bond acceptors (Lipinski definition) is 3. The van der Waals surface area contributed by atoms with Gasteiger partial charge in [0.25, 0.3) is 0 Å². The van der Waals surface area contributed by atoms with Gasteiger partial charge in [-0.05, 0) is 18.1 Å². The third-order valence-electron chi connectivity index (χ3n) is 2.18. The highest BCUT2D eigenvalue weighted by Crippen LogP contribution is 2.12. The molecule has 1 heterocycles. The first-order chi connectivity index (χ1) is 7.63. The fourth-order valence-electron chi connectivity index (χ4n) is 1.52. The lowest BCUT2D eigenvalue weighted by Gasteiger charge is -2.25. The van der Waals surface area contributed by atoms with Crippen molar-refractivity contribution >= 4 is 5.82 Å². The maximum absolute atomic E-state index is 13.0. The van der Waals surface area contributed by atoms with E-state index >= 15 is 0 Å². The second kappa shape index (κ2) is 6.43. The zero-order chi connectivity index (χ0) is 12.0. The van der Waals surface area contributed by atoms with Gasteiger partial charge in [0.1, 0.15) is 5.82 Å². The van der Waals surface area contributed by atoms with E-state index in [-0.39, 0.29) is 0 Å². The summed E-state index contributed by atoms with van der Waals surface area (Å²) in [6.07, 6.45) is 0. The molecule has 0 unspecified atom stereocenters. The summed E-state index contributed by atoms with van der Waals surface area (Å²) in [5, 5.41) is 0. The molecule has 0 amide bonds. The van der Waals surface area contributed by atoms with Crippen LogP contribution in [0.5, 0.6) is 0 Å². The Bertz CT molecular complexity index is 318. The van der Waals surface area contributed by atoms with Gasteiger partial charge < -0.3 is 9.64 Å². The lowest BCUT2D eigenvalue weighted by Crippen LogP contribution is -2.31. The molecule has 0 aromatic carbocycles. The molecule has 0 saturated heterocycles. The van der Waals surface area contributed by atoms with Crippen molar-refractivity contribution in [3.05, 3.63) is 24.1 Å². The predicted molar refractivity (Wildman–Crippen MR) is 63.1 cm³/mol. The van der Waals surface area contributed by atoms with Crippen molar-refractivity contribution < 1.29 is 9.13 Å². The van der Waals surface area contributed by atoms with E-state index in [1.807, 2.05) is 11.0 Å². The Hall–Kier alpha value is -1.16. The predicted octanol–water partition coefficient (Wildman–Crippen LogP) is 2.33. The number of aromatic nitrogens is 1. The summed E-state index contributed by atoms with van der Waals surface area (Å²) in [5.41, 5.74) is 0. The van der Waals surface area contributed by atoms with Crippen LogP contribution in [0.3, 0.4) is 0 Å². The second-order valence-corrected chi connectivity index (χ2v) is 4.15. The van der Waals surface area contributed by atoms with Gasteiger partial charge in [0.05, 0.1) is 6.61 Å². The standard InChI is InChI=1S/C12H19FN2O/c1-10(2)9-15(7-8-16-3)12-6-4-5-11(13)14-12/h4-6,10H,7-9H2,1-3H3. The van der Waals surface area contributed by atoms with Gasteiger partial charge in [-0.2, -0.15) is 4.39 Å². The molecule has 1 aromatic rings. The molecule has 0 aliphatic carbocycles. The Morgan fingerprint density at radius 2 is 2.19 bits per heavy atom. The molecule has 1 aromatic heterocycles. The van der Waals surface area contributed by atoms with E-state index in [1.54, 1.807) is 13.2 Å². The highest BCUT2D eigenvalue weighted by atomic mass is 19.1. The van der Waals surface area contributed by atoms with Crippen LogP contribution in [0.2, 0.25) is 0 Å². The van der Waals surface area contributed by atoms with Crippen molar-refractivity contribution in [2.75, 3.05) is 31.7 Å². The lowest BCUT2D eigenvalue weighted by atomic mass is 10.2. The topological polar surface area (TPSA) is 25.4 Å². The van der Waals surface area contributed by atoms with Crippen LogP contribution in [0, 0.1) is 11.9 Å².